The smallest absolute Gasteiger partial charge is 0.277 e. The van der Waals surface area contributed by atoms with E-state index in [1.807, 2.05) is 0 Å². The highest BCUT2D eigenvalue weighted by atomic mass is 16.2. The summed E-state index contributed by atoms with van der Waals surface area (Å²) in [4.78, 5) is 24.2. The monoisotopic (exact) mass is 334 g/mol. The minimum Gasteiger partial charge on any atom is -0.305 e. The maximum atomic E-state index is 12.3. The van der Waals surface area contributed by atoms with Gasteiger partial charge in [0.05, 0.1) is 0 Å². The minimum absolute atomic E-state index is 0.150. The quantitative estimate of drug-likeness (QED) is 0.563. The molecule has 4 aromatic rings. The molecule has 0 radical (unpaired) electrons. The second kappa shape index (κ2) is 6.23. The number of hydrogen-bond donors (Lipinski definition) is 1. The standard InChI is InChI=1S/C14H10N10O/c25-14(10-2-3-12(22-21-10)23-5-1-4-18-23)20-11-6-13(17-8-16-11)24-9-15-7-19-24/h1-9H,(H,16,17,20,25). The van der Waals surface area contributed by atoms with Gasteiger partial charge in [-0.2, -0.15) is 10.2 Å². The third kappa shape index (κ3) is 3.06. The van der Waals surface area contributed by atoms with Crippen molar-refractivity contribution in [2.45, 2.75) is 0 Å². The molecule has 11 nitrogen and oxygen atoms in total. The molecule has 0 unspecified atom stereocenters. The summed E-state index contributed by atoms with van der Waals surface area (Å²) in [6, 6.07) is 6.54. The van der Waals surface area contributed by atoms with Crippen molar-refractivity contribution in [2.75, 3.05) is 5.32 Å². The summed E-state index contributed by atoms with van der Waals surface area (Å²) in [5.74, 6) is 0.853. The maximum absolute atomic E-state index is 12.3. The normalized spacial score (nSPS) is 10.6. The van der Waals surface area contributed by atoms with E-state index in [1.54, 1.807) is 41.3 Å². The van der Waals surface area contributed by atoms with Crippen molar-refractivity contribution >= 4 is 11.7 Å². The van der Waals surface area contributed by atoms with Crippen molar-refractivity contribution < 1.29 is 4.79 Å². The molecule has 4 aromatic heterocycles. The maximum Gasteiger partial charge on any atom is 0.277 e. The van der Waals surface area contributed by atoms with Crippen molar-refractivity contribution in [3.63, 3.8) is 0 Å². The number of rotatable bonds is 4. The predicted octanol–water partition coefficient (Wildman–Crippen LogP) is 0.285. The van der Waals surface area contributed by atoms with Crippen LogP contribution in [0.3, 0.4) is 0 Å². The zero-order chi connectivity index (χ0) is 17.1. The van der Waals surface area contributed by atoms with Gasteiger partial charge in [-0.15, -0.1) is 10.2 Å². The van der Waals surface area contributed by atoms with Crippen molar-refractivity contribution in [3.05, 3.63) is 61.3 Å². The average molecular weight is 334 g/mol. The molecule has 0 atom stereocenters. The van der Waals surface area contributed by atoms with Gasteiger partial charge in [-0.1, -0.05) is 0 Å². The van der Waals surface area contributed by atoms with Gasteiger partial charge in [0.25, 0.3) is 5.91 Å². The third-order valence-corrected chi connectivity index (χ3v) is 3.17. The lowest BCUT2D eigenvalue weighted by Crippen LogP contribution is -2.16. The van der Waals surface area contributed by atoms with E-state index >= 15 is 0 Å². The Balaban J connectivity index is 1.51. The van der Waals surface area contributed by atoms with Crippen LogP contribution in [0.4, 0.5) is 5.82 Å². The van der Waals surface area contributed by atoms with E-state index in [0.29, 0.717) is 17.5 Å². The molecule has 1 N–H and O–H groups in total. The fourth-order valence-corrected chi connectivity index (χ4v) is 2.02. The van der Waals surface area contributed by atoms with E-state index in [4.69, 9.17) is 0 Å². The highest BCUT2D eigenvalue weighted by molar-refractivity contribution is 6.02. The number of nitrogens with one attached hydrogen (secondary N) is 1. The van der Waals surface area contributed by atoms with E-state index in [2.05, 4.69) is 40.7 Å². The van der Waals surface area contributed by atoms with Gasteiger partial charge in [-0.05, 0) is 18.2 Å². The van der Waals surface area contributed by atoms with Crippen LogP contribution in [0.25, 0.3) is 11.6 Å². The van der Waals surface area contributed by atoms with Crippen LogP contribution >= 0.6 is 0 Å². The largest absolute Gasteiger partial charge is 0.305 e. The highest BCUT2D eigenvalue weighted by Crippen LogP contribution is 2.09. The summed E-state index contributed by atoms with van der Waals surface area (Å²) >= 11 is 0. The molecule has 0 fully saturated rings. The molecular weight excluding hydrogens is 324 g/mol. The zero-order valence-electron chi connectivity index (χ0n) is 12.6. The Morgan fingerprint density at radius 1 is 1.00 bits per heavy atom. The molecule has 0 aliphatic rings. The molecule has 11 heteroatoms. The molecule has 0 bridgehead atoms. The second-order valence-corrected chi connectivity index (χ2v) is 4.78. The van der Waals surface area contributed by atoms with Crippen LogP contribution in [-0.2, 0) is 0 Å². The predicted molar refractivity (Wildman–Crippen MR) is 84.1 cm³/mol. The molecule has 122 valence electrons. The number of hydrogen-bond acceptors (Lipinski definition) is 8. The summed E-state index contributed by atoms with van der Waals surface area (Å²) in [5.41, 5.74) is 0.150. The molecular formula is C14H10N10O. The van der Waals surface area contributed by atoms with Gasteiger partial charge in [-0.25, -0.2) is 24.3 Å². The van der Waals surface area contributed by atoms with Crippen LogP contribution in [-0.4, -0.2) is 50.6 Å². The zero-order valence-corrected chi connectivity index (χ0v) is 12.6. The fraction of sp³-hybridized carbons (Fsp3) is 0. The summed E-state index contributed by atoms with van der Waals surface area (Å²) in [5, 5.41) is 18.5. The van der Waals surface area contributed by atoms with E-state index in [9.17, 15) is 4.79 Å². The first-order valence-electron chi connectivity index (χ1n) is 7.12. The van der Waals surface area contributed by atoms with Gasteiger partial charge in [0.2, 0.25) is 0 Å². The first kappa shape index (κ1) is 14.6. The number of carbonyl (C=O) groups is 1. The molecule has 1 amide bonds. The summed E-state index contributed by atoms with van der Waals surface area (Å²) in [6.07, 6.45) is 7.56. The molecule has 4 heterocycles. The van der Waals surface area contributed by atoms with Crippen LogP contribution in [0, 0.1) is 0 Å². The van der Waals surface area contributed by atoms with Crippen LogP contribution in [0.15, 0.2) is 55.6 Å². The van der Waals surface area contributed by atoms with Gasteiger partial charge >= 0.3 is 0 Å². The molecule has 25 heavy (non-hydrogen) atoms. The molecule has 0 saturated carbocycles. The number of amides is 1. The van der Waals surface area contributed by atoms with E-state index in [0.717, 1.165) is 0 Å². The Morgan fingerprint density at radius 3 is 2.68 bits per heavy atom. The topological polar surface area (TPSA) is 129 Å². The fourth-order valence-electron chi connectivity index (χ4n) is 2.02. The minimum atomic E-state index is -0.442. The van der Waals surface area contributed by atoms with Crippen LogP contribution in [0.2, 0.25) is 0 Å². The molecule has 0 aliphatic carbocycles. The molecule has 4 rings (SSSR count). The lowest BCUT2D eigenvalue weighted by Gasteiger charge is -2.05. The number of carbonyl (C=O) groups excluding carboxylic acids is 1. The van der Waals surface area contributed by atoms with Gasteiger partial charge in [0, 0.05) is 18.5 Å². The Morgan fingerprint density at radius 2 is 1.96 bits per heavy atom. The Hall–Kier alpha value is -4.02. The van der Waals surface area contributed by atoms with Gasteiger partial charge in [0.1, 0.15) is 24.8 Å². The number of anilines is 1. The summed E-state index contributed by atoms with van der Waals surface area (Å²) in [7, 11) is 0. The molecule has 0 aliphatic heterocycles. The average Bonchev–Trinajstić information content (AvgIpc) is 3.36. The SMILES string of the molecule is O=C(Nc1cc(-n2cncn2)ncn1)c1ccc(-n2cccn2)nn1. The van der Waals surface area contributed by atoms with Crippen molar-refractivity contribution in [3.8, 4) is 11.6 Å². The Kier molecular flexibility index (Phi) is 3.63. The third-order valence-electron chi connectivity index (χ3n) is 3.17. The lowest BCUT2D eigenvalue weighted by molar-refractivity contribution is 0.102. The number of aromatic nitrogens is 9. The highest BCUT2D eigenvalue weighted by Gasteiger charge is 2.11. The van der Waals surface area contributed by atoms with E-state index in [-0.39, 0.29) is 5.69 Å². The van der Waals surface area contributed by atoms with Crippen LogP contribution in [0.1, 0.15) is 10.5 Å². The van der Waals surface area contributed by atoms with Crippen LogP contribution < -0.4 is 5.32 Å². The first-order valence-corrected chi connectivity index (χ1v) is 7.12. The second-order valence-electron chi connectivity index (χ2n) is 4.78. The number of nitrogens with zero attached hydrogens (tertiary/aromatic N) is 9. The van der Waals surface area contributed by atoms with Gasteiger partial charge in [-0.3, -0.25) is 4.79 Å². The Bertz CT molecular complexity index is 979. The Labute approximate surface area is 140 Å². The lowest BCUT2D eigenvalue weighted by atomic mass is 10.3. The molecule has 0 saturated heterocycles. The molecule has 0 aromatic carbocycles. The van der Waals surface area contributed by atoms with E-state index < -0.39 is 5.91 Å². The van der Waals surface area contributed by atoms with Gasteiger partial charge < -0.3 is 5.32 Å². The van der Waals surface area contributed by atoms with Crippen molar-refractivity contribution in [1.29, 1.82) is 0 Å². The van der Waals surface area contributed by atoms with E-state index in [1.165, 1.54) is 23.7 Å². The van der Waals surface area contributed by atoms with Crippen LogP contribution in [0.5, 0.6) is 0 Å². The summed E-state index contributed by atoms with van der Waals surface area (Å²) < 4.78 is 3.00. The van der Waals surface area contributed by atoms with Gasteiger partial charge in [0.15, 0.2) is 17.3 Å². The first-order chi connectivity index (χ1) is 12.3. The molecule has 0 spiro atoms. The van der Waals surface area contributed by atoms with Crippen molar-refractivity contribution in [2.24, 2.45) is 0 Å². The summed E-state index contributed by atoms with van der Waals surface area (Å²) in [6.45, 7) is 0. The van der Waals surface area contributed by atoms with Crippen molar-refractivity contribution in [1.82, 2.24) is 44.7 Å².